The second kappa shape index (κ2) is 11.9. The monoisotopic (exact) mass is 194 g/mol. The second-order valence-corrected chi connectivity index (χ2v) is 3.20. The van der Waals surface area contributed by atoms with Crippen molar-refractivity contribution >= 4 is 0 Å². The molecule has 0 N–H and O–H groups in total. The lowest BCUT2D eigenvalue weighted by Crippen LogP contribution is -1.96. The summed E-state index contributed by atoms with van der Waals surface area (Å²) in [7, 11) is 0. The normalized spacial score (nSPS) is 9.29. The van der Waals surface area contributed by atoms with E-state index in [9.17, 15) is 0 Å². The van der Waals surface area contributed by atoms with Crippen molar-refractivity contribution in [2.75, 3.05) is 13.2 Å². The van der Waals surface area contributed by atoms with E-state index in [0.29, 0.717) is 12.8 Å². The van der Waals surface area contributed by atoms with Crippen LogP contribution in [0.5, 0.6) is 0 Å². The summed E-state index contributed by atoms with van der Waals surface area (Å²) in [6, 6.07) is 4.23. The van der Waals surface area contributed by atoms with Crippen molar-refractivity contribution in [3.8, 4) is 12.1 Å². The number of hydrogen-bond donors (Lipinski definition) is 0. The van der Waals surface area contributed by atoms with Gasteiger partial charge in [-0.3, -0.25) is 0 Å². The molecular formula is C11H18N2O. The summed E-state index contributed by atoms with van der Waals surface area (Å²) < 4.78 is 5.37. The van der Waals surface area contributed by atoms with Crippen LogP contribution in [0.4, 0.5) is 0 Å². The molecule has 0 unspecified atom stereocenters. The average Bonchev–Trinajstić information content (AvgIpc) is 2.21. The summed E-state index contributed by atoms with van der Waals surface area (Å²) in [6.07, 6.45) is 6.30. The third kappa shape index (κ3) is 10.9. The largest absolute Gasteiger partial charge is 0.381 e. The van der Waals surface area contributed by atoms with Gasteiger partial charge in [0.1, 0.15) is 0 Å². The number of nitriles is 2. The maximum Gasteiger partial charge on any atom is 0.0621 e. The standard InChI is InChI=1S/C11H18N2O/c12-8-4-1-2-6-10-14-11-7-3-5-9-13/h1-7,10-11H2. The second-order valence-electron chi connectivity index (χ2n) is 3.20. The fourth-order valence-electron chi connectivity index (χ4n) is 1.10. The van der Waals surface area contributed by atoms with E-state index in [1.807, 2.05) is 0 Å². The highest BCUT2D eigenvalue weighted by atomic mass is 16.5. The van der Waals surface area contributed by atoms with E-state index in [1.165, 1.54) is 0 Å². The van der Waals surface area contributed by atoms with Gasteiger partial charge in [-0.2, -0.15) is 10.5 Å². The first-order valence-electron chi connectivity index (χ1n) is 5.23. The fraction of sp³-hybridized carbons (Fsp3) is 0.818. The first-order valence-corrected chi connectivity index (χ1v) is 5.23. The Morgan fingerprint density at radius 1 is 0.714 bits per heavy atom. The molecule has 0 saturated heterocycles. The summed E-state index contributed by atoms with van der Waals surface area (Å²) in [5.74, 6) is 0. The van der Waals surface area contributed by atoms with Crippen LogP contribution in [0.3, 0.4) is 0 Å². The van der Waals surface area contributed by atoms with E-state index in [1.54, 1.807) is 0 Å². The average molecular weight is 194 g/mol. The summed E-state index contributed by atoms with van der Waals surface area (Å²) >= 11 is 0. The number of unbranched alkanes of at least 4 members (excludes halogenated alkanes) is 5. The zero-order valence-corrected chi connectivity index (χ0v) is 8.67. The van der Waals surface area contributed by atoms with Crippen LogP contribution in [0.1, 0.15) is 44.9 Å². The van der Waals surface area contributed by atoms with Crippen molar-refractivity contribution in [1.29, 1.82) is 10.5 Å². The third-order valence-corrected chi connectivity index (χ3v) is 1.90. The van der Waals surface area contributed by atoms with Crippen molar-refractivity contribution < 1.29 is 4.74 Å². The van der Waals surface area contributed by atoms with Crippen molar-refractivity contribution in [1.82, 2.24) is 0 Å². The predicted molar refractivity (Wildman–Crippen MR) is 54.4 cm³/mol. The van der Waals surface area contributed by atoms with Crippen LogP contribution in [0.2, 0.25) is 0 Å². The minimum absolute atomic E-state index is 0.630. The lowest BCUT2D eigenvalue weighted by Gasteiger charge is -2.01. The predicted octanol–water partition coefficient (Wildman–Crippen LogP) is 2.78. The van der Waals surface area contributed by atoms with E-state index >= 15 is 0 Å². The molecule has 0 saturated carbocycles. The molecule has 0 aliphatic heterocycles. The van der Waals surface area contributed by atoms with Gasteiger partial charge in [-0.25, -0.2) is 0 Å². The first-order chi connectivity index (χ1) is 6.91. The highest BCUT2D eigenvalue weighted by Crippen LogP contribution is 2.00. The Labute approximate surface area is 86.3 Å². The van der Waals surface area contributed by atoms with Gasteiger partial charge in [-0.05, 0) is 25.7 Å². The Kier molecular flexibility index (Phi) is 11.0. The van der Waals surface area contributed by atoms with Gasteiger partial charge in [-0.1, -0.05) is 6.42 Å². The number of ether oxygens (including phenoxy) is 1. The lowest BCUT2D eigenvalue weighted by molar-refractivity contribution is 0.126. The van der Waals surface area contributed by atoms with Crippen LogP contribution < -0.4 is 0 Å². The van der Waals surface area contributed by atoms with Crippen molar-refractivity contribution in [2.45, 2.75) is 44.9 Å². The summed E-state index contributed by atoms with van der Waals surface area (Å²) in [5.41, 5.74) is 0. The molecule has 0 aliphatic carbocycles. The number of hydrogen-bond acceptors (Lipinski definition) is 3. The van der Waals surface area contributed by atoms with E-state index in [-0.39, 0.29) is 0 Å². The van der Waals surface area contributed by atoms with Crippen LogP contribution in [0, 0.1) is 22.7 Å². The van der Waals surface area contributed by atoms with Gasteiger partial charge in [0.05, 0.1) is 12.1 Å². The van der Waals surface area contributed by atoms with Crippen LogP contribution in [-0.2, 0) is 4.74 Å². The van der Waals surface area contributed by atoms with Gasteiger partial charge in [0.2, 0.25) is 0 Å². The molecule has 0 amide bonds. The van der Waals surface area contributed by atoms with Crippen molar-refractivity contribution in [2.24, 2.45) is 0 Å². The van der Waals surface area contributed by atoms with Crippen LogP contribution in [0.15, 0.2) is 0 Å². The highest BCUT2D eigenvalue weighted by molar-refractivity contribution is 4.68. The highest BCUT2D eigenvalue weighted by Gasteiger charge is 1.91. The van der Waals surface area contributed by atoms with Gasteiger partial charge in [0, 0.05) is 26.1 Å². The molecule has 0 aromatic carbocycles. The minimum Gasteiger partial charge on any atom is -0.381 e. The first kappa shape index (κ1) is 12.9. The van der Waals surface area contributed by atoms with Crippen LogP contribution in [-0.4, -0.2) is 13.2 Å². The molecule has 0 spiro atoms. The zero-order valence-electron chi connectivity index (χ0n) is 8.67. The molecule has 0 aromatic heterocycles. The maximum atomic E-state index is 8.28. The van der Waals surface area contributed by atoms with Gasteiger partial charge in [0.15, 0.2) is 0 Å². The van der Waals surface area contributed by atoms with Gasteiger partial charge in [-0.15, -0.1) is 0 Å². The molecule has 0 rings (SSSR count). The quantitative estimate of drug-likeness (QED) is 0.530. The van der Waals surface area contributed by atoms with Gasteiger partial charge in [0.25, 0.3) is 0 Å². The van der Waals surface area contributed by atoms with E-state index in [2.05, 4.69) is 12.1 Å². The molecule has 0 bridgehead atoms. The Balaban J connectivity index is 2.86. The molecule has 78 valence electrons. The van der Waals surface area contributed by atoms with Crippen LogP contribution >= 0.6 is 0 Å². The Bertz CT molecular complexity index is 168. The molecule has 0 aromatic rings. The molecule has 0 fully saturated rings. The van der Waals surface area contributed by atoms with E-state index in [0.717, 1.165) is 45.3 Å². The van der Waals surface area contributed by atoms with E-state index < -0.39 is 0 Å². The van der Waals surface area contributed by atoms with E-state index in [4.69, 9.17) is 15.3 Å². The van der Waals surface area contributed by atoms with Gasteiger partial charge < -0.3 is 4.74 Å². The molecule has 14 heavy (non-hydrogen) atoms. The van der Waals surface area contributed by atoms with Crippen LogP contribution in [0.25, 0.3) is 0 Å². The Morgan fingerprint density at radius 2 is 1.21 bits per heavy atom. The number of nitrogens with zero attached hydrogens (tertiary/aromatic N) is 2. The zero-order chi connectivity index (χ0) is 10.5. The Morgan fingerprint density at radius 3 is 1.79 bits per heavy atom. The molecule has 0 atom stereocenters. The lowest BCUT2D eigenvalue weighted by atomic mass is 10.2. The SMILES string of the molecule is N#CCCCCCOCCCCC#N. The molecular weight excluding hydrogens is 176 g/mol. The molecule has 3 nitrogen and oxygen atoms in total. The van der Waals surface area contributed by atoms with Crippen molar-refractivity contribution in [3.05, 3.63) is 0 Å². The molecule has 0 radical (unpaired) electrons. The third-order valence-electron chi connectivity index (χ3n) is 1.90. The molecule has 0 heterocycles. The molecule has 3 heteroatoms. The topological polar surface area (TPSA) is 56.8 Å². The molecule has 0 aliphatic rings. The minimum atomic E-state index is 0.630. The fourth-order valence-corrected chi connectivity index (χ4v) is 1.10. The van der Waals surface area contributed by atoms with Gasteiger partial charge >= 0.3 is 0 Å². The van der Waals surface area contributed by atoms with Crippen molar-refractivity contribution in [3.63, 3.8) is 0 Å². The number of rotatable bonds is 9. The summed E-state index contributed by atoms with van der Waals surface area (Å²) in [6.45, 7) is 1.55. The summed E-state index contributed by atoms with van der Waals surface area (Å²) in [4.78, 5) is 0. The smallest absolute Gasteiger partial charge is 0.0621 e. The Hall–Kier alpha value is -1.06. The summed E-state index contributed by atoms with van der Waals surface area (Å²) in [5, 5.41) is 16.6. The maximum absolute atomic E-state index is 8.28.